The predicted molar refractivity (Wildman–Crippen MR) is 83.9 cm³/mol. The molecule has 0 spiro atoms. The van der Waals surface area contributed by atoms with Crippen LogP contribution in [0.15, 0.2) is 12.2 Å². The maximum Gasteiger partial charge on any atom is 0.305 e. The number of hydrogen-bond acceptors (Lipinski definition) is 4. The van der Waals surface area contributed by atoms with Gasteiger partial charge in [-0.1, -0.05) is 19.4 Å². The van der Waals surface area contributed by atoms with Crippen molar-refractivity contribution >= 4 is 11.9 Å². The van der Waals surface area contributed by atoms with E-state index >= 15 is 0 Å². The lowest BCUT2D eigenvalue weighted by atomic mass is 10.1. The molecule has 0 saturated heterocycles. The van der Waals surface area contributed by atoms with Crippen LogP contribution >= 0.6 is 0 Å². The SMILES string of the molecule is C=C(C)CCOC(=O)CCCCC(=O)OCCCC(C)C. The summed E-state index contributed by atoms with van der Waals surface area (Å²) in [6.45, 7) is 10.8. The minimum Gasteiger partial charge on any atom is -0.466 e. The zero-order valence-electron chi connectivity index (χ0n) is 13.8. The molecule has 21 heavy (non-hydrogen) atoms. The molecule has 0 atom stereocenters. The quantitative estimate of drug-likeness (QED) is 0.310. The molecule has 4 nitrogen and oxygen atoms in total. The van der Waals surface area contributed by atoms with Gasteiger partial charge in [-0.15, -0.1) is 6.58 Å². The van der Waals surface area contributed by atoms with E-state index in [1.807, 2.05) is 6.92 Å². The van der Waals surface area contributed by atoms with E-state index in [0.717, 1.165) is 18.4 Å². The van der Waals surface area contributed by atoms with Crippen LogP contribution in [0.4, 0.5) is 0 Å². The highest BCUT2D eigenvalue weighted by atomic mass is 16.5. The molecular formula is C17H30O4. The van der Waals surface area contributed by atoms with Crippen molar-refractivity contribution in [3.8, 4) is 0 Å². The standard InChI is InChI=1S/C17H30O4/c1-14(2)8-7-12-20-16(18)9-5-6-10-17(19)21-13-11-15(3)4/h14H,3,5-13H2,1-2,4H3. The van der Waals surface area contributed by atoms with Crippen LogP contribution in [-0.2, 0) is 19.1 Å². The van der Waals surface area contributed by atoms with Gasteiger partial charge < -0.3 is 9.47 Å². The number of hydrogen-bond donors (Lipinski definition) is 0. The van der Waals surface area contributed by atoms with Crippen molar-refractivity contribution < 1.29 is 19.1 Å². The first kappa shape index (κ1) is 19.7. The van der Waals surface area contributed by atoms with Gasteiger partial charge in [-0.25, -0.2) is 0 Å². The Bertz CT molecular complexity index is 321. The summed E-state index contributed by atoms with van der Waals surface area (Å²) >= 11 is 0. The first-order chi connectivity index (χ1) is 9.91. The molecule has 0 rings (SSSR count). The molecule has 0 saturated carbocycles. The fraction of sp³-hybridized carbons (Fsp3) is 0.765. The number of carbonyl (C=O) groups excluding carboxylic acids is 2. The van der Waals surface area contributed by atoms with Gasteiger partial charge in [-0.3, -0.25) is 9.59 Å². The van der Waals surface area contributed by atoms with Crippen LogP contribution in [0.5, 0.6) is 0 Å². The van der Waals surface area contributed by atoms with Crippen LogP contribution in [0, 0.1) is 5.92 Å². The first-order valence-corrected chi connectivity index (χ1v) is 7.87. The third kappa shape index (κ3) is 14.9. The number of unbranched alkanes of at least 4 members (excludes halogenated alkanes) is 1. The van der Waals surface area contributed by atoms with Crippen LogP contribution in [0.3, 0.4) is 0 Å². The third-order valence-electron chi connectivity index (χ3n) is 2.99. The smallest absolute Gasteiger partial charge is 0.305 e. The van der Waals surface area contributed by atoms with E-state index in [1.165, 1.54) is 0 Å². The predicted octanol–water partition coefficient (Wildman–Crippen LogP) is 4.04. The molecule has 0 aromatic rings. The highest BCUT2D eigenvalue weighted by molar-refractivity contribution is 5.70. The third-order valence-corrected chi connectivity index (χ3v) is 2.99. The topological polar surface area (TPSA) is 52.6 Å². The lowest BCUT2D eigenvalue weighted by Gasteiger charge is -2.07. The van der Waals surface area contributed by atoms with E-state index in [9.17, 15) is 9.59 Å². The van der Waals surface area contributed by atoms with Gasteiger partial charge in [0.15, 0.2) is 0 Å². The van der Waals surface area contributed by atoms with E-state index in [4.69, 9.17) is 9.47 Å². The Hall–Kier alpha value is -1.32. The minimum absolute atomic E-state index is 0.172. The molecule has 0 aliphatic rings. The largest absolute Gasteiger partial charge is 0.466 e. The normalized spacial score (nSPS) is 10.5. The van der Waals surface area contributed by atoms with E-state index in [2.05, 4.69) is 20.4 Å². The van der Waals surface area contributed by atoms with Crippen LogP contribution in [0.1, 0.15) is 65.7 Å². The van der Waals surface area contributed by atoms with E-state index < -0.39 is 0 Å². The average Bonchev–Trinajstić information content (AvgIpc) is 2.39. The number of esters is 2. The van der Waals surface area contributed by atoms with Crippen LogP contribution in [0.2, 0.25) is 0 Å². The van der Waals surface area contributed by atoms with E-state index in [-0.39, 0.29) is 11.9 Å². The van der Waals surface area contributed by atoms with Gasteiger partial charge in [-0.05, 0) is 38.5 Å². The molecule has 0 aliphatic carbocycles. The van der Waals surface area contributed by atoms with Gasteiger partial charge in [-0.2, -0.15) is 0 Å². The lowest BCUT2D eigenvalue weighted by molar-refractivity contribution is -0.146. The number of carbonyl (C=O) groups is 2. The first-order valence-electron chi connectivity index (χ1n) is 7.87. The molecule has 0 radical (unpaired) electrons. The molecule has 0 heterocycles. The average molecular weight is 298 g/mol. The second kappa shape index (κ2) is 12.4. The van der Waals surface area contributed by atoms with Gasteiger partial charge in [0.25, 0.3) is 0 Å². The molecule has 0 amide bonds. The molecule has 0 aliphatic heterocycles. The van der Waals surface area contributed by atoms with E-state index in [1.54, 1.807) is 0 Å². The van der Waals surface area contributed by atoms with Gasteiger partial charge in [0.05, 0.1) is 13.2 Å². The molecule has 122 valence electrons. The molecule has 0 aromatic heterocycles. The second-order valence-corrected chi connectivity index (χ2v) is 5.89. The summed E-state index contributed by atoms with van der Waals surface area (Å²) in [5, 5.41) is 0. The van der Waals surface area contributed by atoms with Crippen molar-refractivity contribution in [3.63, 3.8) is 0 Å². The zero-order valence-corrected chi connectivity index (χ0v) is 13.8. The molecule has 0 aromatic carbocycles. The summed E-state index contributed by atoms with van der Waals surface area (Å²) in [6.07, 6.45) is 4.75. The summed E-state index contributed by atoms with van der Waals surface area (Å²) in [4.78, 5) is 22.8. The van der Waals surface area contributed by atoms with Gasteiger partial charge in [0.2, 0.25) is 0 Å². The van der Waals surface area contributed by atoms with Crippen molar-refractivity contribution in [1.82, 2.24) is 0 Å². The maximum atomic E-state index is 11.4. The summed E-state index contributed by atoms with van der Waals surface area (Å²) in [5.41, 5.74) is 1.00. The molecule has 0 bridgehead atoms. The van der Waals surface area contributed by atoms with Crippen molar-refractivity contribution in [1.29, 1.82) is 0 Å². The monoisotopic (exact) mass is 298 g/mol. The summed E-state index contributed by atoms with van der Waals surface area (Å²) in [6, 6.07) is 0. The fourth-order valence-corrected chi connectivity index (χ4v) is 1.70. The highest BCUT2D eigenvalue weighted by Crippen LogP contribution is 2.06. The van der Waals surface area contributed by atoms with Gasteiger partial charge in [0, 0.05) is 19.3 Å². The lowest BCUT2D eigenvalue weighted by Crippen LogP contribution is -2.08. The fourth-order valence-electron chi connectivity index (χ4n) is 1.70. The molecular weight excluding hydrogens is 268 g/mol. The number of rotatable bonds is 12. The Morgan fingerprint density at radius 2 is 1.43 bits per heavy atom. The Balaban J connectivity index is 3.42. The Kier molecular flexibility index (Phi) is 11.6. The number of ether oxygens (including phenoxy) is 2. The maximum absolute atomic E-state index is 11.4. The molecule has 0 unspecified atom stereocenters. The van der Waals surface area contributed by atoms with E-state index in [0.29, 0.717) is 51.2 Å². The summed E-state index contributed by atoms with van der Waals surface area (Å²) in [7, 11) is 0. The summed E-state index contributed by atoms with van der Waals surface area (Å²) < 4.78 is 10.2. The molecule has 4 heteroatoms. The van der Waals surface area contributed by atoms with Crippen molar-refractivity contribution in [3.05, 3.63) is 12.2 Å². The Morgan fingerprint density at radius 3 is 1.90 bits per heavy atom. The van der Waals surface area contributed by atoms with Crippen LogP contribution < -0.4 is 0 Å². The van der Waals surface area contributed by atoms with Crippen molar-refractivity contribution in [2.75, 3.05) is 13.2 Å². The van der Waals surface area contributed by atoms with Gasteiger partial charge in [0.1, 0.15) is 0 Å². The Labute approximate surface area is 128 Å². The van der Waals surface area contributed by atoms with Crippen molar-refractivity contribution in [2.45, 2.75) is 65.7 Å². The Morgan fingerprint density at radius 1 is 0.905 bits per heavy atom. The minimum atomic E-state index is -0.207. The zero-order chi connectivity index (χ0) is 16.1. The van der Waals surface area contributed by atoms with Crippen molar-refractivity contribution in [2.24, 2.45) is 5.92 Å². The van der Waals surface area contributed by atoms with Crippen LogP contribution in [0.25, 0.3) is 0 Å². The van der Waals surface area contributed by atoms with Crippen LogP contribution in [-0.4, -0.2) is 25.2 Å². The molecule has 0 fully saturated rings. The highest BCUT2D eigenvalue weighted by Gasteiger charge is 2.06. The summed E-state index contributed by atoms with van der Waals surface area (Å²) in [5.74, 6) is 0.260. The second-order valence-electron chi connectivity index (χ2n) is 5.89. The molecule has 0 N–H and O–H groups in total. The van der Waals surface area contributed by atoms with Gasteiger partial charge >= 0.3 is 11.9 Å².